The molecule has 0 aromatic heterocycles. The molecule has 1 aliphatic carbocycles. The van der Waals surface area contributed by atoms with E-state index in [9.17, 15) is 9.59 Å². The summed E-state index contributed by atoms with van der Waals surface area (Å²) in [5.74, 6) is 0.0563. The Kier molecular flexibility index (Phi) is 8.70. The van der Waals surface area contributed by atoms with Gasteiger partial charge in [-0.2, -0.15) is 0 Å². The lowest BCUT2D eigenvalue weighted by Gasteiger charge is -2.36. The number of hydrogen-bond acceptors (Lipinski definition) is 3. The van der Waals surface area contributed by atoms with Crippen LogP contribution in [0.4, 0.5) is 21.9 Å². The fourth-order valence-corrected chi connectivity index (χ4v) is 4.89. The Morgan fingerprint density at radius 1 is 0.892 bits per heavy atom. The van der Waals surface area contributed by atoms with Crippen LogP contribution in [0.25, 0.3) is 0 Å². The van der Waals surface area contributed by atoms with Crippen molar-refractivity contribution in [2.24, 2.45) is 0 Å². The summed E-state index contributed by atoms with van der Waals surface area (Å²) in [4.78, 5) is 29.5. The van der Waals surface area contributed by atoms with Crippen molar-refractivity contribution in [2.45, 2.75) is 58.3 Å². The highest BCUT2D eigenvalue weighted by atomic mass is 16.2. The van der Waals surface area contributed by atoms with Crippen LogP contribution in [-0.4, -0.2) is 43.0 Å². The molecular weight excluding hydrogens is 460 g/mol. The number of anilines is 3. The second-order valence-corrected chi connectivity index (χ2v) is 10.9. The first kappa shape index (κ1) is 26.5. The van der Waals surface area contributed by atoms with E-state index in [1.54, 1.807) is 0 Å². The van der Waals surface area contributed by atoms with Crippen molar-refractivity contribution in [2.75, 3.05) is 41.7 Å². The second kappa shape index (κ2) is 12.1. The second-order valence-electron chi connectivity index (χ2n) is 10.9. The zero-order valence-corrected chi connectivity index (χ0v) is 22.4. The van der Waals surface area contributed by atoms with E-state index in [2.05, 4.69) is 60.6 Å². The highest BCUT2D eigenvalue weighted by molar-refractivity contribution is 5.91. The molecule has 196 valence electrons. The SMILES string of the molecule is CC(C)(C)c1ccccc1NC(=O)N1CCN(c2ccc(NC(=O)CCCC3=CCCC=C3)cc2)CC1. The molecule has 3 amide bonds. The van der Waals surface area contributed by atoms with Crippen LogP contribution >= 0.6 is 0 Å². The average Bonchev–Trinajstić information content (AvgIpc) is 2.89. The maximum Gasteiger partial charge on any atom is 0.321 e. The predicted octanol–water partition coefficient (Wildman–Crippen LogP) is 6.72. The Morgan fingerprint density at radius 3 is 2.30 bits per heavy atom. The maximum absolute atomic E-state index is 13.0. The molecule has 0 bridgehead atoms. The molecular formula is C31H40N4O2. The smallest absolute Gasteiger partial charge is 0.321 e. The van der Waals surface area contributed by atoms with Crippen LogP contribution in [0.15, 0.2) is 72.3 Å². The third-order valence-electron chi connectivity index (χ3n) is 7.00. The summed E-state index contributed by atoms with van der Waals surface area (Å²) in [5.41, 5.74) is 5.23. The van der Waals surface area contributed by atoms with Gasteiger partial charge < -0.3 is 20.4 Å². The van der Waals surface area contributed by atoms with Gasteiger partial charge in [-0.15, -0.1) is 0 Å². The molecule has 6 heteroatoms. The van der Waals surface area contributed by atoms with E-state index in [0.717, 1.165) is 61.4 Å². The average molecular weight is 501 g/mol. The van der Waals surface area contributed by atoms with Gasteiger partial charge in [0.1, 0.15) is 0 Å². The minimum atomic E-state index is -0.0507. The Morgan fingerprint density at radius 2 is 1.62 bits per heavy atom. The molecule has 2 aromatic rings. The number of rotatable bonds is 7. The van der Waals surface area contributed by atoms with E-state index >= 15 is 0 Å². The van der Waals surface area contributed by atoms with Gasteiger partial charge in [0, 0.05) is 49.7 Å². The van der Waals surface area contributed by atoms with Crippen LogP contribution in [0.5, 0.6) is 0 Å². The number of nitrogens with one attached hydrogen (secondary N) is 2. The zero-order valence-electron chi connectivity index (χ0n) is 22.4. The van der Waals surface area contributed by atoms with Crippen LogP contribution in [0.1, 0.15) is 58.4 Å². The maximum atomic E-state index is 13.0. The normalized spacial score (nSPS) is 15.8. The van der Waals surface area contributed by atoms with Gasteiger partial charge in [-0.05, 0) is 67.0 Å². The molecule has 1 fully saturated rings. The van der Waals surface area contributed by atoms with Gasteiger partial charge in [0.05, 0.1) is 0 Å². The molecule has 1 aliphatic heterocycles. The fourth-order valence-electron chi connectivity index (χ4n) is 4.89. The van der Waals surface area contributed by atoms with E-state index in [1.807, 2.05) is 47.4 Å². The Bertz CT molecular complexity index is 1140. The van der Waals surface area contributed by atoms with Crippen molar-refractivity contribution in [3.05, 3.63) is 77.9 Å². The summed E-state index contributed by atoms with van der Waals surface area (Å²) >= 11 is 0. The minimum absolute atomic E-state index is 0.0431. The predicted molar refractivity (Wildman–Crippen MR) is 153 cm³/mol. The lowest BCUT2D eigenvalue weighted by atomic mass is 9.86. The molecule has 6 nitrogen and oxygen atoms in total. The highest BCUT2D eigenvalue weighted by Gasteiger charge is 2.24. The van der Waals surface area contributed by atoms with Gasteiger partial charge in [-0.25, -0.2) is 4.79 Å². The number of urea groups is 1. The molecule has 0 radical (unpaired) electrons. The number of nitrogens with zero attached hydrogens (tertiary/aromatic N) is 2. The molecule has 1 heterocycles. The molecule has 37 heavy (non-hydrogen) atoms. The van der Waals surface area contributed by atoms with Crippen LogP contribution in [0, 0.1) is 0 Å². The first-order valence-corrected chi connectivity index (χ1v) is 13.5. The summed E-state index contributed by atoms with van der Waals surface area (Å²) in [6.07, 6.45) is 11.2. The molecule has 2 N–H and O–H groups in total. The monoisotopic (exact) mass is 500 g/mol. The summed E-state index contributed by atoms with van der Waals surface area (Å²) in [6.45, 7) is 9.32. The van der Waals surface area contributed by atoms with Crippen LogP contribution < -0.4 is 15.5 Å². The van der Waals surface area contributed by atoms with Gasteiger partial charge in [0.15, 0.2) is 0 Å². The van der Waals surface area contributed by atoms with Crippen LogP contribution in [0.3, 0.4) is 0 Å². The van der Waals surface area contributed by atoms with Crippen molar-refractivity contribution >= 4 is 29.0 Å². The van der Waals surface area contributed by atoms with Crippen molar-refractivity contribution in [3.63, 3.8) is 0 Å². The molecule has 0 unspecified atom stereocenters. The summed E-state index contributed by atoms with van der Waals surface area (Å²) in [6, 6.07) is 16.0. The Balaban J connectivity index is 1.22. The first-order chi connectivity index (χ1) is 17.8. The van der Waals surface area contributed by atoms with E-state index < -0.39 is 0 Å². The van der Waals surface area contributed by atoms with Crippen LogP contribution in [0.2, 0.25) is 0 Å². The van der Waals surface area contributed by atoms with E-state index in [-0.39, 0.29) is 17.4 Å². The van der Waals surface area contributed by atoms with Crippen LogP contribution in [-0.2, 0) is 10.2 Å². The molecule has 1 saturated heterocycles. The summed E-state index contributed by atoms with van der Waals surface area (Å²) < 4.78 is 0. The number of carbonyl (C=O) groups excluding carboxylic acids is 2. The molecule has 2 aliphatic rings. The largest absolute Gasteiger partial charge is 0.368 e. The number of allylic oxidation sites excluding steroid dienone is 4. The third-order valence-corrected chi connectivity index (χ3v) is 7.00. The van der Waals surface area contributed by atoms with E-state index in [4.69, 9.17) is 0 Å². The zero-order chi connectivity index (χ0) is 26.3. The van der Waals surface area contributed by atoms with Gasteiger partial charge in [0.25, 0.3) is 0 Å². The van der Waals surface area contributed by atoms with Gasteiger partial charge >= 0.3 is 6.03 Å². The molecule has 0 atom stereocenters. The minimum Gasteiger partial charge on any atom is -0.368 e. The lowest BCUT2D eigenvalue weighted by Crippen LogP contribution is -2.50. The number of hydrogen-bond donors (Lipinski definition) is 2. The van der Waals surface area contributed by atoms with E-state index in [0.29, 0.717) is 19.5 Å². The number of piperazine rings is 1. The first-order valence-electron chi connectivity index (χ1n) is 13.5. The van der Waals surface area contributed by atoms with Crippen molar-refractivity contribution < 1.29 is 9.59 Å². The van der Waals surface area contributed by atoms with Crippen molar-refractivity contribution in [1.82, 2.24) is 4.90 Å². The summed E-state index contributed by atoms with van der Waals surface area (Å²) in [5, 5.41) is 6.14. The quantitative estimate of drug-likeness (QED) is 0.443. The van der Waals surface area contributed by atoms with Crippen molar-refractivity contribution in [1.29, 1.82) is 0 Å². The van der Waals surface area contributed by atoms with E-state index in [1.165, 1.54) is 5.57 Å². The fraction of sp³-hybridized carbons (Fsp3) is 0.419. The molecule has 0 saturated carbocycles. The summed E-state index contributed by atoms with van der Waals surface area (Å²) in [7, 11) is 0. The van der Waals surface area contributed by atoms with Gasteiger partial charge in [-0.3, -0.25) is 4.79 Å². The lowest BCUT2D eigenvalue weighted by molar-refractivity contribution is -0.116. The van der Waals surface area contributed by atoms with Gasteiger partial charge in [0.2, 0.25) is 5.91 Å². The number of carbonyl (C=O) groups is 2. The highest BCUT2D eigenvalue weighted by Crippen LogP contribution is 2.29. The molecule has 2 aromatic carbocycles. The number of para-hydroxylation sites is 1. The Labute approximate surface area is 221 Å². The molecule has 0 spiro atoms. The van der Waals surface area contributed by atoms with Crippen molar-refractivity contribution in [3.8, 4) is 0 Å². The van der Waals surface area contributed by atoms with Gasteiger partial charge in [-0.1, -0.05) is 62.8 Å². The standard InChI is InChI=1S/C31H40N4O2/c1-31(2,3)27-13-7-8-14-28(27)33-30(37)35-22-20-34(21-23-35)26-18-16-25(17-19-26)32-29(36)15-9-12-24-10-5-4-6-11-24/h5,7-8,10-11,13-14,16-19H,4,6,9,12,15,20-23H2,1-3H3,(H,32,36)(H,33,37). The molecule has 4 rings (SSSR count). The third kappa shape index (κ3) is 7.48. The topological polar surface area (TPSA) is 64.7 Å². The number of amides is 3. The Hall–Kier alpha value is -3.54. The number of benzene rings is 2.